The molecule has 0 heterocycles. The molecule has 0 spiro atoms. The van der Waals surface area contributed by atoms with Gasteiger partial charge in [0.2, 0.25) is 0 Å². The molecule has 1 aliphatic carbocycles. The molecular weight excluding hydrogens is 216 g/mol. The van der Waals surface area contributed by atoms with Gasteiger partial charge in [0.25, 0.3) is 0 Å². The average Bonchev–Trinajstić information content (AvgIpc) is 2.42. The Morgan fingerprint density at radius 2 is 1.27 bits per heavy atom. The van der Waals surface area contributed by atoms with E-state index in [1.54, 1.807) is 20.6 Å². The van der Waals surface area contributed by atoms with Crippen LogP contribution in [-0.2, 0) is 20.4 Å². The van der Waals surface area contributed by atoms with Crippen molar-refractivity contribution in [3.63, 3.8) is 0 Å². The van der Waals surface area contributed by atoms with Crippen molar-refractivity contribution in [2.75, 3.05) is 0 Å². The second-order valence-corrected chi connectivity index (χ2v) is 6.41. The minimum atomic E-state index is 0.678. The summed E-state index contributed by atoms with van der Waals surface area (Å²) in [5, 5.41) is 0. The van der Waals surface area contributed by atoms with Gasteiger partial charge < -0.3 is 0 Å². The molecular formula is C14H23Ti. The molecule has 0 radical (unpaired) electrons. The van der Waals surface area contributed by atoms with Gasteiger partial charge in [-0.2, -0.15) is 0 Å². The van der Waals surface area contributed by atoms with E-state index < -0.39 is 0 Å². The number of rotatable bonds is 3. The molecule has 0 fully saturated rings. The van der Waals surface area contributed by atoms with E-state index in [1.807, 2.05) is 0 Å². The summed E-state index contributed by atoms with van der Waals surface area (Å²) in [6.07, 6.45) is 1.22. The molecule has 0 aromatic carbocycles. The van der Waals surface area contributed by atoms with Crippen LogP contribution in [0.1, 0.15) is 48.0 Å². The van der Waals surface area contributed by atoms with Crippen molar-refractivity contribution < 1.29 is 20.4 Å². The van der Waals surface area contributed by atoms with Crippen molar-refractivity contribution in [1.82, 2.24) is 0 Å². The first-order chi connectivity index (χ1) is 6.86. The second kappa shape index (κ2) is 5.02. The quantitative estimate of drug-likeness (QED) is 0.638. The normalized spacial score (nSPS) is 17.9. The fourth-order valence-corrected chi connectivity index (χ4v) is 3.53. The molecule has 0 atom stereocenters. The third kappa shape index (κ3) is 2.66. The van der Waals surface area contributed by atoms with Crippen LogP contribution in [0.5, 0.6) is 0 Å². The van der Waals surface area contributed by atoms with Gasteiger partial charge in [-0.3, -0.25) is 0 Å². The third-order valence-electron chi connectivity index (χ3n) is 3.18. The summed E-state index contributed by atoms with van der Waals surface area (Å²) in [6.45, 7) is 14.0. The van der Waals surface area contributed by atoms with E-state index in [4.69, 9.17) is 0 Å². The van der Waals surface area contributed by atoms with Crippen LogP contribution in [0.25, 0.3) is 0 Å². The van der Waals surface area contributed by atoms with Crippen LogP contribution in [0, 0.1) is 17.8 Å². The van der Waals surface area contributed by atoms with Crippen LogP contribution in [0.4, 0.5) is 0 Å². The van der Waals surface area contributed by atoms with Crippen LogP contribution >= 0.6 is 0 Å². The summed E-state index contributed by atoms with van der Waals surface area (Å²) < 4.78 is 1.61. The van der Waals surface area contributed by atoms with Crippen molar-refractivity contribution in [2.45, 2.75) is 48.0 Å². The second-order valence-electron chi connectivity index (χ2n) is 5.47. The summed E-state index contributed by atoms with van der Waals surface area (Å²) >= 11 is 2.31. The van der Waals surface area contributed by atoms with Crippen molar-refractivity contribution in [3.05, 3.63) is 20.6 Å². The van der Waals surface area contributed by atoms with Gasteiger partial charge in [-0.25, -0.2) is 0 Å². The molecule has 83 valence electrons. The van der Waals surface area contributed by atoms with E-state index in [2.05, 4.69) is 62.0 Å². The zero-order valence-corrected chi connectivity index (χ0v) is 12.5. The van der Waals surface area contributed by atoms with Crippen LogP contribution in [-0.4, -0.2) is 0 Å². The first-order valence-electron chi connectivity index (χ1n) is 6.04. The van der Waals surface area contributed by atoms with E-state index in [1.165, 1.54) is 6.42 Å². The molecule has 0 bridgehead atoms. The molecule has 0 unspecified atom stereocenters. The zero-order chi connectivity index (χ0) is 11.7. The molecule has 0 aromatic rings. The predicted molar refractivity (Wildman–Crippen MR) is 63.2 cm³/mol. The minimum absolute atomic E-state index is 0.678. The monoisotopic (exact) mass is 239 g/mol. The summed E-state index contributed by atoms with van der Waals surface area (Å²) in [5.41, 5.74) is 5.00. The van der Waals surface area contributed by atoms with Crippen molar-refractivity contribution in [3.8, 4) is 0 Å². The maximum absolute atomic E-state index is 2.33. The summed E-state index contributed by atoms with van der Waals surface area (Å²) in [6, 6.07) is 0. The van der Waals surface area contributed by atoms with Crippen LogP contribution in [0.15, 0.2) is 20.6 Å². The fourth-order valence-electron chi connectivity index (χ4n) is 2.57. The Bertz CT molecular complexity index is 303. The Kier molecular flexibility index (Phi) is 4.43. The van der Waals surface area contributed by atoms with E-state index in [-0.39, 0.29) is 0 Å². The van der Waals surface area contributed by atoms with Crippen molar-refractivity contribution >= 4 is 0 Å². The molecule has 1 heteroatoms. The summed E-state index contributed by atoms with van der Waals surface area (Å²) in [4.78, 5) is 0. The molecule has 0 N–H and O–H groups in total. The molecule has 0 saturated heterocycles. The van der Waals surface area contributed by atoms with E-state index in [9.17, 15) is 0 Å². The van der Waals surface area contributed by atoms with Crippen LogP contribution < -0.4 is 0 Å². The Morgan fingerprint density at radius 3 is 1.60 bits per heavy atom. The molecule has 1 rings (SSSR count). The van der Waals surface area contributed by atoms with Crippen LogP contribution in [0.3, 0.4) is 0 Å². The van der Waals surface area contributed by atoms with Gasteiger partial charge in [0, 0.05) is 0 Å². The van der Waals surface area contributed by atoms with Gasteiger partial charge in [0.15, 0.2) is 0 Å². The predicted octanol–water partition coefficient (Wildman–Crippen LogP) is 4.46. The third-order valence-corrected chi connectivity index (χ3v) is 3.88. The summed E-state index contributed by atoms with van der Waals surface area (Å²) in [7, 11) is 0. The van der Waals surface area contributed by atoms with Gasteiger partial charge in [-0.1, -0.05) is 0 Å². The Labute approximate surface area is 107 Å². The first kappa shape index (κ1) is 13.3. The summed E-state index contributed by atoms with van der Waals surface area (Å²) in [5.74, 6) is 2.06. The SMILES string of the molecule is CC(C)C1=C(C(C)C)C(C(C)C)=[C]([Ti])C1. The fraction of sp³-hybridized carbons (Fsp3) is 0.714. The van der Waals surface area contributed by atoms with Crippen molar-refractivity contribution in [2.24, 2.45) is 17.8 Å². The Balaban J connectivity index is 3.19. The van der Waals surface area contributed by atoms with E-state index in [0.29, 0.717) is 17.8 Å². The van der Waals surface area contributed by atoms with E-state index >= 15 is 0 Å². The van der Waals surface area contributed by atoms with Crippen LogP contribution in [0.2, 0.25) is 0 Å². The molecule has 0 aliphatic heterocycles. The van der Waals surface area contributed by atoms with E-state index in [0.717, 1.165) is 0 Å². The number of hydrogen-bond donors (Lipinski definition) is 0. The molecule has 0 aromatic heterocycles. The molecule has 1 aliphatic rings. The van der Waals surface area contributed by atoms with Gasteiger partial charge in [0.05, 0.1) is 0 Å². The Hall–Kier alpha value is 0.194. The molecule has 0 nitrogen and oxygen atoms in total. The van der Waals surface area contributed by atoms with Gasteiger partial charge in [-0.05, 0) is 0 Å². The number of hydrogen-bond acceptors (Lipinski definition) is 0. The standard InChI is InChI=1S/C14H23.Ti/c1-9(2)12-7-8-13(10(3)4)14(12)11(5)6;/h9-11H,7H2,1-6H3;. The maximum atomic E-state index is 2.33. The molecule has 0 amide bonds. The molecule has 15 heavy (non-hydrogen) atoms. The molecule has 0 saturated carbocycles. The zero-order valence-electron chi connectivity index (χ0n) is 10.9. The average molecular weight is 239 g/mol. The Morgan fingerprint density at radius 1 is 0.800 bits per heavy atom. The first-order valence-corrected chi connectivity index (χ1v) is 6.82. The number of allylic oxidation sites excluding steroid dienone is 4. The van der Waals surface area contributed by atoms with Gasteiger partial charge >= 0.3 is 107 Å². The van der Waals surface area contributed by atoms with Gasteiger partial charge in [0.1, 0.15) is 0 Å². The van der Waals surface area contributed by atoms with Crippen molar-refractivity contribution in [1.29, 1.82) is 0 Å². The van der Waals surface area contributed by atoms with Gasteiger partial charge in [-0.15, -0.1) is 0 Å². The topological polar surface area (TPSA) is 0 Å².